The number of rotatable bonds is 0. The highest BCUT2D eigenvalue weighted by atomic mass is 16.2. The summed E-state index contributed by atoms with van der Waals surface area (Å²) in [5.41, 5.74) is 2.04. The lowest BCUT2D eigenvalue weighted by Crippen LogP contribution is -2.54. The Morgan fingerprint density at radius 1 is 1.14 bits per heavy atom. The minimum Gasteiger partial charge on any atom is -0.332 e. The summed E-state index contributed by atoms with van der Waals surface area (Å²) >= 11 is 0. The predicted octanol–water partition coefficient (Wildman–Crippen LogP) is 0.786. The molecular weight excluding hydrogens is 266 g/mol. The molecule has 0 aromatic heterocycles. The van der Waals surface area contributed by atoms with E-state index in [2.05, 4.69) is 5.32 Å². The molecular formula is C16H21N3O2. The average Bonchev–Trinajstić information content (AvgIpc) is 2.54. The third-order valence-corrected chi connectivity index (χ3v) is 4.33. The van der Waals surface area contributed by atoms with Gasteiger partial charge < -0.3 is 15.1 Å². The zero-order chi connectivity index (χ0) is 14.8. The molecule has 1 unspecified atom stereocenters. The number of benzene rings is 1. The number of nitrogens with one attached hydrogen (secondary N) is 1. The molecule has 1 atom stereocenters. The molecule has 1 saturated heterocycles. The smallest absolute Gasteiger partial charge is 0.316 e. The normalized spacial score (nSPS) is 21.9. The molecule has 2 heterocycles. The van der Waals surface area contributed by atoms with Crippen molar-refractivity contribution in [2.24, 2.45) is 0 Å². The number of amides is 2. The number of aryl methyl sites for hydroxylation is 1. The third kappa shape index (κ3) is 2.65. The van der Waals surface area contributed by atoms with Gasteiger partial charge in [0, 0.05) is 37.9 Å². The Bertz CT molecular complexity index is 552. The first-order valence-electron chi connectivity index (χ1n) is 7.59. The van der Waals surface area contributed by atoms with Crippen LogP contribution in [0, 0.1) is 0 Å². The summed E-state index contributed by atoms with van der Waals surface area (Å²) in [7, 11) is 0. The minimum atomic E-state index is -0.392. The van der Waals surface area contributed by atoms with Crippen molar-refractivity contribution >= 4 is 17.5 Å². The number of anilines is 1. The van der Waals surface area contributed by atoms with Gasteiger partial charge in [-0.1, -0.05) is 18.2 Å². The van der Waals surface area contributed by atoms with Crippen molar-refractivity contribution in [2.45, 2.75) is 25.8 Å². The fraction of sp³-hybridized carbons (Fsp3) is 0.500. The molecule has 5 heteroatoms. The van der Waals surface area contributed by atoms with E-state index >= 15 is 0 Å². The number of para-hydroxylation sites is 1. The van der Waals surface area contributed by atoms with Crippen LogP contribution in [0.1, 0.15) is 18.9 Å². The largest absolute Gasteiger partial charge is 0.332 e. The first kappa shape index (κ1) is 14.1. The summed E-state index contributed by atoms with van der Waals surface area (Å²) in [4.78, 5) is 28.5. The number of carbonyl (C=O) groups excluding carboxylic acids is 2. The Kier molecular flexibility index (Phi) is 3.92. The predicted molar refractivity (Wildman–Crippen MR) is 81.2 cm³/mol. The van der Waals surface area contributed by atoms with Gasteiger partial charge in [0.15, 0.2) is 0 Å². The minimum absolute atomic E-state index is 0.0688. The average molecular weight is 287 g/mol. The molecule has 0 bridgehead atoms. The Labute approximate surface area is 124 Å². The molecule has 2 amide bonds. The van der Waals surface area contributed by atoms with Crippen molar-refractivity contribution in [1.29, 1.82) is 0 Å². The van der Waals surface area contributed by atoms with Crippen LogP contribution >= 0.6 is 0 Å². The highest BCUT2D eigenvalue weighted by Gasteiger charge is 2.34. The number of fused-ring (bicyclic) bond motifs is 1. The lowest BCUT2D eigenvalue weighted by Gasteiger charge is -2.36. The van der Waals surface area contributed by atoms with Crippen molar-refractivity contribution in [2.75, 3.05) is 31.1 Å². The van der Waals surface area contributed by atoms with Gasteiger partial charge in [-0.05, 0) is 31.4 Å². The molecule has 1 aromatic rings. The second-order valence-corrected chi connectivity index (χ2v) is 5.73. The summed E-state index contributed by atoms with van der Waals surface area (Å²) in [5.74, 6) is -0.767. The maximum absolute atomic E-state index is 12.7. The van der Waals surface area contributed by atoms with Gasteiger partial charge in [0.1, 0.15) is 0 Å². The van der Waals surface area contributed by atoms with Crippen LogP contribution in [0.4, 0.5) is 5.69 Å². The molecule has 1 aromatic carbocycles. The summed E-state index contributed by atoms with van der Waals surface area (Å²) in [6.45, 7) is 4.73. The quantitative estimate of drug-likeness (QED) is 0.718. The Morgan fingerprint density at radius 2 is 1.86 bits per heavy atom. The fourth-order valence-corrected chi connectivity index (χ4v) is 3.10. The molecule has 1 N–H and O–H groups in total. The zero-order valence-electron chi connectivity index (χ0n) is 12.3. The Morgan fingerprint density at radius 3 is 2.62 bits per heavy atom. The molecule has 0 spiro atoms. The van der Waals surface area contributed by atoms with E-state index in [1.165, 1.54) is 0 Å². The van der Waals surface area contributed by atoms with E-state index in [-0.39, 0.29) is 11.9 Å². The van der Waals surface area contributed by atoms with E-state index in [1.807, 2.05) is 31.2 Å². The van der Waals surface area contributed by atoms with E-state index in [9.17, 15) is 9.59 Å². The summed E-state index contributed by atoms with van der Waals surface area (Å²) in [6, 6.07) is 7.95. The lowest BCUT2D eigenvalue weighted by molar-refractivity contribution is -0.145. The second-order valence-electron chi connectivity index (χ2n) is 5.73. The van der Waals surface area contributed by atoms with Crippen LogP contribution in [-0.4, -0.2) is 48.9 Å². The molecule has 0 saturated carbocycles. The maximum Gasteiger partial charge on any atom is 0.316 e. The van der Waals surface area contributed by atoms with Crippen molar-refractivity contribution in [3.8, 4) is 0 Å². The summed E-state index contributed by atoms with van der Waals surface area (Å²) in [5, 5.41) is 3.19. The van der Waals surface area contributed by atoms with Crippen molar-refractivity contribution < 1.29 is 9.59 Å². The van der Waals surface area contributed by atoms with Crippen LogP contribution in [0.2, 0.25) is 0 Å². The van der Waals surface area contributed by atoms with Gasteiger partial charge in [-0.3, -0.25) is 9.59 Å². The van der Waals surface area contributed by atoms with Crippen LogP contribution < -0.4 is 10.2 Å². The topological polar surface area (TPSA) is 52.7 Å². The Balaban J connectivity index is 1.84. The van der Waals surface area contributed by atoms with Crippen molar-refractivity contribution in [3.05, 3.63) is 29.8 Å². The van der Waals surface area contributed by atoms with Gasteiger partial charge in [-0.2, -0.15) is 0 Å². The molecule has 112 valence electrons. The lowest BCUT2D eigenvalue weighted by atomic mass is 9.96. The van der Waals surface area contributed by atoms with Crippen LogP contribution in [0.3, 0.4) is 0 Å². The van der Waals surface area contributed by atoms with Gasteiger partial charge in [-0.25, -0.2) is 0 Å². The van der Waals surface area contributed by atoms with E-state index in [4.69, 9.17) is 0 Å². The van der Waals surface area contributed by atoms with E-state index in [1.54, 1.807) is 9.80 Å². The second kappa shape index (κ2) is 5.85. The SMILES string of the molecule is CC1CCc2ccccc2N1C(=O)C(=O)N1CCNCC1. The van der Waals surface area contributed by atoms with Gasteiger partial charge >= 0.3 is 11.8 Å². The van der Waals surface area contributed by atoms with Gasteiger partial charge in [-0.15, -0.1) is 0 Å². The summed E-state index contributed by atoms with van der Waals surface area (Å²) in [6.07, 6.45) is 1.86. The van der Waals surface area contributed by atoms with E-state index < -0.39 is 5.91 Å². The molecule has 21 heavy (non-hydrogen) atoms. The fourth-order valence-electron chi connectivity index (χ4n) is 3.10. The summed E-state index contributed by atoms with van der Waals surface area (Å²) < 4.78 is 0. The highest BCUT2D eigenvalue weighted by Crippen LogP contribution is 2.30. The molecule has 0 radical (unpaired) electrons. The van der Waals surface area contributed by atoms with Crippen LogP contribution in [-0.2, 0) is 16.0 Å². The van der Waals surface area contributed by atoms with Gasteiger partial charge in [0.05, 0.1) is 0 Å². The molecule has 1 fully saturated rings. The van der Waals surface area contributed by atoms with E-state index in [0.717, 1.165) is 37.2 Å². The maximum atomic E-state index is 12.7. The molecule has 2 aliphatic heterocycles. The van der Waals surface area contributed by atoms with Crippen LogP contribution in [0.5, 0.6) is 0 Å². The number of piperazine rings is 1. The van der Waals surface area contributed by atoms with Crippen LogP contribution in [0.15, 0.2) is 24.3 Å². The first-order valence-corrected chi connectivity index (χ1v) is 7.59. The number of hydrogen-bond donors (Lipinski definition) is 1. The monoisotopic (exact) mass is 287 g/mol. The molecule has 5 nitrogen and oxygen atoms in total. The Hall–Kier alpha value is -1.88. The van der Waals surface area contributed by atoms with Crippen LogP contribution in [0.25, 0.3) is 0 Å². The standard InChI is InChI=1S/C16H21N3O2/c1-12-6-7-13-4-2-3-5-14(13)19(12)16(21)15(20)18-10-8-17-9-11-18/h2-5,12,17H,6-11H2,1H3. The first-order chi connectivity index (χ1) is 10.2. The third-order valence-electron chi connectivity index (χ3n) is 4.33. The number of carbonyl (C=O) groups is 2. The zero-order valence-corrected chi connectivity index (χ0v) is 12.3. The van der Waals surface area contributed by atoms with Crippen molar-refractivity contribution in [1.82, 2.24) is 10.2 Å². The number of nitrogens with zero attached hydrogens (tertiary/aromatic N) is 2. The molecule has 0 aliphatic carbocycles. The number of hydrogen-bond acceptors (Lipinski definition) is 3. The molecule has 3 rings (SSSR count). The van der Waals surface area contributed by atoms with Gasteiger partial charge in [0.2, 0.25) is 0 Å². The van der Waals surface area contributed by atoms with Gasteiger partial charge in [0.25, 0.3) is 0 Å². The van der Waals surface area contributed by atoms with Crippen molar-refractivity contribution in [3.63, 3.8) is 0 Å². The highest BCUT2D eigenvalue weighted by molar-refractivity contribution is 6.40. The van der Waals surface area contributed by atoms with E-state index in [0.29, 0.717) is 13.1 Å². The molecule has 2 aliphatic rings.